The maximum absolute atomic E-state index is 12.5. The standard InChI is InChI=1S/C17H17N5O/c1-12-10-15(16(23)22-8-4-5-9-22)21-17(19-12)20-14-7-3-2-6-13(14)11-18/h2-3,6-7,10H,4-5,8-9H2,1H3,(H,19,20,21). The van der Waals surface area contributed by atoms with Crippen LogP contribution in [0, 0.1) is 18.3 Å². The molecule has 1 aromatic carbocycles. The summed E-state index contributed by atoms with van der Waals surface area (Å²) in [5.74, 6) is 0.264. The number of benzene rings is 1. The van der Waals surface area contributed by atoms with E-state index in [1.54, 1.807) is 24.3 Å². The van der Waals surface area contributed by atoms with Crippen molar-refractivity contribution in [1.29, 1.82) is 5.26 Å². The maximum atomic E-state index is 12.5. The second-order valence-corrected chi connectivity index (χ2v) is 5.50. The van der Waals surface area contributed by atoms with Gasteiger partial charge in [-0.2, -0.15) is 5.26 Å². The third kappa shape index (κ3) is 3.29. The molecule has 0 radical (unpaired) electrons. The Morgan fingerprint density at radius 3 is 2.74 bits per heavy atom. The Morgan fingerprint density at radius 2 is 2.00 bits per heavy atom. The number of nitriles is 1. The van der Waals surface area contributed by atoms with Gasteiger partial charge in [0.15, 0.2) is 0 Å². The molecule has 0 bridgehead atoms. The predicted octanol–water partition coefficient (Wildman–Crippen LogP) is 2.64. The Balaban J connectivity index is 1.88. The molecule has 2 heterocycles. The van der Waals surface area contributed by atoms with Crippen molar-refractivity contribution >= 4 is 17.5 Å². The van der Waals surface area contributed by atoms with Gasteiger partial charge in [-0.1, -0.05) is 12.1 Å². The summed E-state index contributed by atoms with van der Waals surface area (Å²) in [5, 5.41) is 12.2. The predicted molar refractivity (Wildman–Crippen MR) is 86.3 cm³/mol. The Kier molecular flexibility index (Phi) is 4.20. The van der Waals surface area contributed by atoms with E-state index < -0.39 is 0 Å². The molecule has 1 N–H and O–H groups in total. The van der Waals surface area contributed by atoms with E-state index in [2.05, 4.69) is 21.4 Å². The lowest BCUT2D eigenvalue weighted by atomic mass is 10.2. The lowest BCUT2D eigenvalue weighted by Crippen LogP contribution is -2.28. The number of nitrogens with zero attached hydrogens (tertiary/aromatic N) is 4. The number of para-hydroxylation sites is 1. The van der Waals surface area contributed by atoms with Crippen LogP contribution in [-0.4, -0.2) is 33.9 Å². The molecule has 1 saturated heterocycles. The number of rotatable bonds is 3. The zero-order valence-electron chi connectivity index (χ0n) is 12.9. The molecule has 1 aliphatic heterocycles. The molecule has 1 aliphatic rings. The van der Waals surface area contributed by atoms with Gasteiger partial charge in [-0.05, 0) is 38.0 Å². The number of carbonyl (C=O) groups is 1. The van der Waals surface area contributed by atoms with Crippen LogP contribution in [0.3, 0.4) is 0 Å². The van der Waals surface area contributed by atoms with Crippen molar-refractivity contribution in [2.24, 2.45) is 0 Å². The zero-order valence-corrected chi connectivity index (χ0v) is 12.9. The lowest BCUT2D eigenvalue weighted by molar-refractivity contribution is 0.0787. The molecule has 0 unspecified atom stereocenters. The van der Waals surface area contributed by atoms with Crippen LogP contribution >= 0.6 is 0 Å². The number of aromatic nitrogens is 2. The van der Waals surface area contributed by atoms with Crippen molar-refractivity contribution in [3.63, 3.8) is 0 Å². The normalized spacial score (nSPS) is 13.7. The fraction of sp³-hybridized carbons (Fsp3) is 0.294. The Labute approximate surface area is 134 Å². The lowest BCUT2D eigenvalue weighted by Gasteiger charge is -2.15. The van der Waals surface area contributed by atoms with E-state index in [0.29, 0.717) is 28.6 Å². The fourth-order valence-electron chi connectivity index (χ4n) is 2.63. The highest BCUT2D eigenvalue weighted by atomic mass is 16.2. The molecule has 1 aromatic heterocycles. The molecule has 0 aliphatic carbocycles. The number of hydrogen-bond donors (Lipinski definition) is 1. The summed E-state index contributed by atoms with van der Waals surface area (Å²) in [7, 11) is 0. The largest absolute Gasteiger partial charge is 0.337 e. The average Bonchev–Trinajstić information content (AvgIpc) is 3.08. The van der Waals surface area contributed by atoms with Gasteiger partial charge in [0.25, 0.3) is 5.91 Å². The van der Waals surface area contributed by atoms with Gasteiger partial charge in [0, 0.05) is 18.8 Å². The van der Waals surface area contributed by atoms with Crippen molar-refractivity contribution in [3.8, 4) is 6.07 Å². The van der Waals surface area contributed by atoms with Gasteiger partial charge in [-0.25, -0.2) is 9.97 Å². The summed E-state index contributed by atoms with van der Waals surface area (Å²) < 4.78 is 0. The molecule has 23 heavy (non-hydrogen) atoms. The van der Waals surface area contributed by atoms with Crippen LogP contribution in [0.15, 0.2) is 30.3 Å². The number of likely N-dealkylation sites (tertiary alicyclic amines) is 1. The van der Waals surface area contributed by atoms with Crippen LogP contribution < -0.4 is 5.32 Å². The van der Waals surface area contributed by atoms with E-state index in [1.165, 1.54) is 0 Å². The first kappa shape index (κ1) is 15.0. The number of nitrogens with one attached hydrogen (secondary N) is 1. The molecule has 0 spiro atoms. The molecule has 3 rings (SSSR count). The van der Waals surface area contributed by atoms with Crippen LogP contribution in [0.4, 0.5) is 11.6 Å². The molecule has 6 nitrogen and oxygen atoms in total. The van der Waals surface area contributed by atoms with Gasteiger partial charge >= 0.3 is 0 Å². The quantitative estimate of drug-likeness (QED) is 0.942. The first-order chi connectivity index (χ1) is 11.2. The highest BCUT2D eigenvalue weighted by Crippen LogP contribution is 2.19. The van der Waals surface area contributed by atoms with Crippen LogP contribution in [-0.2, 0) is 0 Å². The van der Waals surface area contributed by atoms with Gasteiger partial charge in [0.1, 0.15) is 11.8 Å². The first-order valence-electron chi connectivity index (χ1n) is 7.58. The molecule has 0 saturated carbocycles. The van der Waals surface area contributed by atoms with E-state index in [-0.39, 0.29) is 5.91 Å². The SMILES string of the molecule is Cc1cc(C(=O)N2CCCC2)nc(Nc2ccccc2C#N)n1. The number of hydrogen-bond acceptors (Lipinski definition) is 5. The monoisotopic (exact) mass is 307 g/mol. The van der Waals surface area contributed by atoms with E-state index in [1.807, 2.05) is 17.9 Å². The van der Waals surface area contributed by atoms with E-state index in [4.69, 9.17) is 5.26 Å². The minimum Gasteiger partial charge on any atom is -0.337 e. The smallest absolute Gasteiger partial charge is 0.272 e. The van der Waals surface area contributed by atoms with Crippen LogP contribution in [0.1, 0.15) is 34.6 Å². The summed E-state index contributed by atoms with van der Waals surface area (Å²) in [6, 6.07) is 10.9. The van der Waals surface area contributed by atoms with Gasteiger partial charge in [0.2, 0.25) is 5.95 Å². The second-order valence-electron chi connectivity index (χ2n) is 5.50. The Morgan fingerprint density at radius 1 is 1.26 bits per heavy atom. The highest BCUT2D eigenvalue weighted by molar-refractivity contribution is 5.93. The van der Waals surface area contributed by atoms with Gasteiger partial charge in [-0.15, -0.1) is 0 Å². The topological polar surface area (TPSA) is 81.9 Å². The molecule has 1 amide bonds. The summed E-state index contributed by atoms with van der Waals surface area (Å²) in [4.78, 5) is 22.9. The first-order valence-corrected chi connectivity index (χ1v) is 7.58. The van der Waals surface area contributed by atoms with Gasteiger partial charge in [-0.3, -0.25) is 4.79 Å². The van der Waals surface area contributed by atoms with Crippen molar-refractivity contribution in [2.45, 2.75) is 19.8 Å². The van der Waals surface area contributed by atoms with Crippen molar-refractivity contribution in [2.75, 3.05) is 18.4 Å². The Hall–Kier alpha value is -2.94. The van der Waals surface area contributed by atoms with Crippen molar-refractivity contribution in [3.05, 3.63) is 47.3 Å². The summed E-state index contributed by atoms with van der Waals surface area (Å²) >= 11 is 0. The number of amides is 1. The molecular weight excluding hydrogens is 290 g/mol. The van der Waals surface area contributed by atoms with Crippen LogP contribution in [0.5, 0.6) is 0 Å². The molecule has 2 aromatic rings. The van der Waals surface area contributed by atoms with Gasteiger partial charge < -0.3 is 10.2 Å². The number of aryl methyl sites for hydroxylation is 1. The molecule has 116 valence electrons. The summed E-state index contributed by atoms with van der Waals surface area (Å²) in [6.45, 7) is 3.38. The minimum absolute atomic E-state index is 0.0652. The van der Waals surface area contributed by atoms with E-state index >= 15 is 0 Å². The van der Waals surface area contributed by atoms with Gasteiger partial charge in [0.05, 0.1) is 11.3 Å². The van der Waals surface area contributed by atoms with Crippen LogP contribution in [0.25, 0.3) is 0 Å². The zero-order chi connectivity index (χ0) is 16.2. The third-order valence-electron chi connectivity index (χ3n) is 3.76. The highest BCUT2D eigenvalue weighted by Gasteiger charge is 2.21. The summed E-state index contributed by atoms with van der Waals surface area (Å²) in [6.07, 6.45) is 2.08. The van der Waals surface area contributed by atoms with Crippen molar-refractivity contribution in [1.82, 2.24) is 14.9 Å². The Bertz CT molecular complexity index is 775. The van der Waals surface area contributed by atoms with E-state index in [9.17, 15) is 4.79 Å². The third-order valence-corrected chi connectivity index (χ3v) is 3.76. The average molecular weight is 307 g/mol. The van der Waals surface area contributed by atoms with E-state index in [0.717, 1.165) is 25.9 Å². The molecule has 6 heteroatoms. The number of carbonyl (C=O) groups excluding carboxylic acids is 1. The number of anilines is 2. The van der Waals surface area contributed by atoms with Crippen molar-refractivity contribution < 1.29 is 4.79 Å². The molecule has 0 atom stereocenters. The molecule has 1 fully saturated rings. The van der Waals surface area contributed by atoms with Crippen LogP contribution in [0.2, 0.25) is 0 Å². The fourth-order valence-corrected chi connectivity index (χ4v) is 2.63. The maximum Gasteiger partial charge on any atom is 0.272 e. The molecular formula is C17H17N5O. The second kappa shape index (κ2) is 6.44. The summed E-state index contributed by atoms with van der Waals surface area (Å²) in [5.41, 5.74) is 2.22. The minimum atomic E-state index is -0.0652.